The van der Waals surface area contributed by atoms with Gasteiger partial charge in [0.25, 0.3) is 0 Å². The van der Waals surface area contributed by atoms with E-state index in [0.29, 0.717) is 0 Å². The molecule has 0 fully saturated rings. The van der Waals surface area contributed by atoms with Crippen molar-refractivity contribution < 1.29 is 4.42 Å². The zero-order valence-electron chi connectivity index (χ0n) is 34.1. The summed E-state index contributed by atoms with van der Waals surface area (Å²) < 4.78 is 9.26. The molecule has 9 aromatic rings. The Morgan fingerprint density at radius 2 is 1.24 bits per heavy atom. The highest BCUT2D eigenvalue weighted by Crippen LogP contribution is 2.54. The van der Waals surface area contributed by atoms with Crippen LogP contribution < -0.4 is 20.0 Å². The van der Waals surface area contributed by atoms with Gasteiger partial charge in [0.15, 0.2) is 0 Å². The second kappa shape index (κ2) is 12.5. The Bertz CT molecular complexity index is 3110. The van der Waals surface area contributed by atoms with E-state index in [1.807, 2.05) is 11.3 Å². The first-order chi connectivity index (χ1) is 28.0. The largest absolute Gasteiger partial charge is 0.456 e. The molecule has 282 valence electrons. The molecule has 58 heavy (non-hydrogen) atoms. The Morgan fingerprint density at radius 1 is 0.569 bits per heavy atom. The molecule has 11 rings (SSSR count). The summed E-state index contributed by atoms with van der Waals surface area (Å²) in [7, 11) is 0. The summed E-state index contributed by atoms with van der Waals surface area (Å²) in [5.41, 5.74) is 18.1. The van der Waals surface area contributed by atoms with E-state index in [4.69, 9.17) is 4.42 Å². The first-order valence-corrected chi connectivity index (χ1v) is 21.3. The van der Waals surface area contributed by atoms with E-state index in [1.54, 1.807) is 0 Å². The second-order valence-corrected chi connectivity index (χ2v) is 19.3. The molecule has 5 heteroatoms. The van der Waals surface area contributed by atoms with Crippen molar-refractivity contribution in [3.8, 4) is 22.3 Å². The number of aryl methyl sites for hydroxylation is 1. The normalized spacial score (nSPS) is 13.7. The molecule has 0 spiro atoms. The van der Waals surface area contributed by atoms with Gasteiger partial charge in [0.05, 0.1) is 11.4 Å². The lowest BCUT2D eigenvalue weighted by Gasteiger charge is -2.45. The standard InChI is InChI=1S/C53H45BN2OS/c1-32-29-40-47-42(27-28-45-48(47)37-17-11-13-19-44(37)57-45)56(36-24-21-34(22-25-36)52(2,3)4)54-49(40)43(30-32)55(50-38-18-12-14-20-46(38)58-51(50)54)41-26-23-35(53(5,6)7)31-39(41)33-15-9-8-10-16-33/h8-31H,1-7H3. The van der Waals surface area contributed by atoms with Crippen molar-refractivity contribution in [1.29, 1.82) is 0 Å². The van der Waals surface area contributed by atoms with E-state index in [9.17, 15) is 0 Å². The average Bonchev–Trinajstić information content (AvgIpc) is 3.79. The number of benzene rings is 7. The van der Waals surface area contributed by atoms with Crippen molar-refractivity contribution in [2.24, 2.45) is 0 Å². The Balaban J connectivity index is 1.29. The smallest absolute Gasteiger partial charge is 0.343 e. The van der Waals surface area contributed by atoms with Gasteiger partial charge in [-0.1, -0.05) is 133 Å². The molecular formula is C53H45BN2OS. The van der Waals surface area contributed by atoms with Gasteiger partial charge in [0.1, 0.15) is 11.2 Å². The Labute approximate surface area is 345 Å². The number of para-hydroxylation sites is 1. The van der Waals surface area contributed by atoms with Crippen LogP contribution in [0, 0.1) is 6.92 Å². The minimum absolute atomic E-state index is 0.0106. The van der Waals surface area contributed by atoms with Crippen LogP contribution >= 0.6 is 11.3 Å². The highest BCUT2D eigenvalue weighted by Gasteiger charge is 2.48. The van der Waals surface area contributed by atoms with Crippen LogP contribution in [0.3, 0.4) is 0 Å². The fourth-order valence-corrected chi connectivity index (χ4v) is 10.8. The van der Waals surface area contributed by atoms with Gasteiger partial charge < -0.3 is 14.1 Å². The number of fused-ring (bicyclic) bond motifs is 10. The van der Waals surface area contributed by atoms with Gasteiger partial charge in [-0.3, -0.25) is 0 Å². The van der Waals surface area contributed by atoms with E-state index in [2.05, 4.69) is 204 Å². The van der Waals surface area contributed by atoms with E-state index < -0.39 is 0 Å². The molecule has 0 aliphatic carbocycles. The lowest BCUT2D eigenvalue weighted by molar-refractivity contribution is 0.590. The molecular weight excluding hydrogens is 723 g/mol. The van der Waals surface area contributed by atoms with Gasteiger partial charge in [-0.2, -0.15) is 0 Å². The average molecular weight is 769 g/mol. The monoisotopic (exact) mass is 768 g/mol. The van der Waals surface area contributed by atoms with Gasteiger partial charge in [0, 0.05) is 53.8 Å². The fraction of sp³-hybridized carbons (Fsp3) is 0.170. The molecule has 4 heterocycles. The highest BCUT2D eigenvalue weighted by molar-refractivity contribution is 7.32. The summed E-state index contributed by atoms with van der Waals surface area (Å²) in [6.07, 6.45) is 0. The molecule has 0 N–H and O–H groups in total. The van der Waals surface area contributed by atoms with Crippen molar-refractivity contribution >= 4 is 88.9 Å². The van der Waals surface area contributed by atoms with Crippen LogP contribution in [-0.2, 0) is 10.8 Å². The van der Waals surface area contributed by atoms with Crippen molar-refractivity contribution in [2.75, 3.05) is 9.71 Å². The van der Waals surface area contributed by atoms with E-state index in [-0.39, 0.29) is 17.7 Å². The number of furan rings is 1. The number of thiophene rings is 1. The predicted octanol–water partition coefficient (Wildman–Crippen LogP) is 14.1. The molecule has 0 atom stereocenters. The second-order valence-electron chi connectivity index (χ2n) is 18.2. The van der Waals surface area contributed by atoms with Crippen LogP contribution in [0.2, 0.25) is 0 Å². The first kappa shape index (κ1) is 35.2. The zero-order valence-corrected chi connectivity index (χ0v) is 35.0. The van der Waals surface area contributed by atoms with Gasteiger partial charge in [-0.25, -0.2) is 0 Å². The number of nitrogens with zero attached hydrogens (tertiary/aromatic N) is 2. The maximum atomic E-state index is 6.62. The summed E-state index contributed by atoms with van der Waals surface area (Å²) in [4.78, 5) is 5.25. The van der Waals surface area contributed by atoms with Gasteiger partial charge in [0.2, 0.25) is 0 Å². The number of rotatable bonds is 3. The molecule has 3 nitrogen and oxygen atoms in total. The van der Waals surface area contributed by atoms with Gasteiger partial charge >= 0.3 is 6.85 Å². The van der Waals surface area contributed by atoms with Crippen molar-refractivity contribution in [1.82, 2.24) is 0 Å². The molecule has 7 aromatic carbocycles. The third-order valence-electron chi connectivity index (χ3n) is 12.4. The first-order valence-electron chi connectivity index (χ1n) is 20.5. The lowest BCUT2D eigenvalue weighted by Crippen LogP contribution is -2.60. The van der Waals surface area contributed by atoms with Crippen molar-refractivity contribution in [3.05, 3.63) is 162 Å². The summed E-state index contributed by atoms with van der Waals surface area (Å²) in [5.74, 6) is 0. The van der Waals surface area contributed by atoms with E-state index in [1.165, 1.54) is 93.1 Å². The molecule has 0 amide bonds. The minimum atomic E-state index is -0.0631. The molecule has 2 aliphatic rings. The van der Waals surface area contributed by atoms with E-state index >= 15 is 0 Å². The molecule has 0 radical (unpaired) electrons. The van der Waals surface area contributed by atoms with Gasteiger partial charge in [-0.05, 0) is 106 Å². The lowest BCUT2D eigenvalue weighted by atomic mass is 9.46. The van der Waals surface area contributed by atoms with Crippen molar-refractivity contribution in [2.45, 2.75) is 59.3 Å². The van der Waals surface area contributed by atoms with Crippen LogP contribution in [0.1, 0.15) is 58.2 Å². The summed E-state index contributed by atoms with van der Waals surface area (Å²) in [5, 5.41) is 3.59. The van der Waals surface area contributed by atoms with Crippen molar-refractivity contribution in [3.63, 3.8) is 0 Å². The number of hydrogen-bond donors (Lipinski definition) is 0. The zero-order chi connectivity index (χ0) is 39.7. The quantitative estimate of drug-likeness (QED) is 0.167. The third kappa shape index (κ3) is 5.19. The van der Waals surface area contributed by atoms with Crippen LogP contribution in [0.5, 0.6) is 0 Å². The minimum Gasteiger partial charge on any atom is -0.456 e. The van der Waals surface area contributed by atoms with E-state index in [0.717, 1.165) is 16.6 Å². The molecule has 0 unspecified atom stereocenters. The molecule has 0 bridgehead atoms. The fourth-order valence-electron chi connectivity index (χ4n) is 9.55. The Kier molecular flexibility index (Phi) is 7.56. The molecule has 0 saturated heterocycles. The molecule has 0 saturated carbocycles. The number of anilines is 5. The SMILES string of the molecule is Cc1cc2c3c(c1)N(c1ccc(C(C)(C)C)cc1-c1ccccc1)c1c(sc4ccccc14)B3N(c1ccc(C(C)(C)C)cc1)c1ccc3oc4ccccc4c3c1-2. The van der Waals surface area contributed by atoms with Crippen LogP contribution in [-0.4, -0.2) is 6.85 Å². The van der Waals surface area contributed by atoms with Crippen LogP contribution in [0.4, 0.5) is 28.4 Å². The highest BCUT2D eigenvalue weighted by atomic mass is 32.1. The maximum absolute atomic E-state index is 6.62. The van der Waals surface area contributed by atoms with Gasteiger partial charge in [-0.15, -0.1) is 11.3 Å². The summed E-state index contributed by atoms with van der Waals surface area (Å²) in [6, 6.07) is 54.4. The Morgan fingerprint density at radius 3 is 2.00 bits per heavy atom. The summed E-state index contributed by atoms with van der Waals surface area (Å²) >= 11 is 1.94. The summed E-state index contributed by atoms with van der Waals surface area (Å²) in [6.45, 7) is 16.0. The Hall–Kier alpha value is -6.04. The maximum Gasteiger partial charge on any atom is 0.343 e. The topological polar surface area (TPSA) is 19.6 Å². The predicted molar refractivity (Wildman–Crippen MR) is 250 cm³/mol. The molecule has 2 aliphatic heterocycles. The van der Waals surface area contributed by atoms with Crippen LogP contribution in [0.15, 0.2) is 150 Å². The van der Waals surface area contributed by atoms with Crippen LogP contribution in [0.25, 0.3) is 54.3 Å². The molecule has 2 aromatic heterocycles. The number of hydrogen-bond acceptors (Lipinski definition) is 4. The third-order valence-corrected chi connectivity index (χ3v) is 13.6.